The van der Waals surface area contributed by atoms with Gasteiger partial charge in [0.05, 0.1) is 26.4 Å². The first-order valence-corrected chi connectivity index (χ1v) is 8.59. The fourth-order valence-corrected chi connectivity index (χ4v) is 3.83. The van der Waals surface area contributed by atoms with Gasteiger partial charge in [0.15, 0.2) is 0 Å². The van der Waals surface area contributed by atoms with E-state index in [1.807, 2.05) is 24.3 Å². The summed E-state index contributed by atoms with van der Waals surface area (Å²) in [5.74, 6) is 0. The Morgan fingerprint density at radius 3 is 1.13 bits per heavy atom. The molecule has 0 radical (unpaired) electrons. The summed E-state index contributed by atoms with van der Waals surface area (Å²) in [4.78, 5) is 1.77. The van der Waals surface area contributed by atoms with Gasteiger partial charge in [0, 0.05) is 9.79 Å². The fraction of sp³-hybridized carbons (Fsp3) is 0.250. The number of benzene rings is 2. The summed E-state index contributed by atoms with van der Waals surface area (Å²) < 4.78 is 3.13. The van der Waals surface area contributed by atoms with E-state index < -0.39 is 0 Å². The van der Waals surface area contributed by atoms with Crippen molar-refractivity contribution < 1.29 is 20.4 Å². The van der Waals surface area contributed by atoms with Gasteiger partial charge in [-0.1, -0.05) is 12.1 Å². The van der Waals surface area contributed by atoms with Gasteiger partial charge in [-0.25, -0.2) is 0 Å². The minimum atomic E-state index is -0.0764. The molecule has 0 bridgehead atoms. The fourth-order valence-electron chi connectivity index (χ4n) is 2.06. The maximum Gasteiger partial charge on any atom is 0.0682 e. The van der Waals surface area contributed by atoms with Gasteiger partial charge in [-0.2, -0.15) is 4.13 Å². The van der Waals surface area contributed by atoms with Crippen LogP contribution in [-0.2, 0) is 26.4 Å². The lowest BCUT2D eigenvalue weighted by Gasteiger charge is -2.09. The number of rotatable bonds is 8. The largest absolute Gasteiger partial charge is 0.392 e. The maximum absolute atomic E-state index is 9.24. The molecule has 0 saturated carbocycles. The van der Waals surface area contributed by atoms with Crippen LogP contribution in [0.15, 0.2) is 46.2 Å². The molecule has 0 aliphatic heterocycles. The SMILES string of the molecule is OCc1cc(CO)cc(SNSc2cc(CO)cc(CO)c2)c1. The Bertz CT molecular complexity index is 552. The lowest BCUT2D eigenvalue weighted by Crippen LogP contribution is -1.96. The Kier molecular flexibility index (Phi) is 7.38. The molecular formula is C16H19NO4S2. The summed E-state index contributed by atoms with van der Waals surface area (Å²) in [5.41, 5.74) is 2.98. The molecule has 2 aromatic rings. The molecule has 0 fully saturated rings. The molecule has 7 heteroatoms. The molecule has 0 unspecified atom stereocenters. The van der Waals surface area contributed by atoms with Crippen LogP contribution in [0.3, 0.4) is 0 Å². The summed E-state index contributed by atoms with van der Waals surface area (Å²) in [6.45, 7) is -0.306. The van der Waals surface area contributed by atoms with Crippen LogP contribution in [-0.4, -0.2) is 20.4 Å². The van der Waals surface area contributed by atoms with Gasteiger partial charge in [0.25, 0.3) is 0 Å². The van der Waals surface area contributed by atoms with Gasteiger partial charge in [-0.15, -0.1) is 0 Å². The van der Waals surface area contributed by atoms with Crippen LogP contribution in [0, 0.1) is 0 Å². The van der Waals surface area contributed by atoms with Gasteiger partial charge in [0.1, 0.15) is 0 Å². The highest BCUT2D eigenvalue weighted by atomic mass is 32.2. The number of aliphatic hydroxyl groups is 4. The van der Waals surface area contributed by atoms with Gasteiger partial charge in [-0.05, 0) is 70.4 Å². The van der Waals surface area contributed by atoms with E-state index in [1.54, 1.807) is 12.1 Å². The standard InChI is InChI=1S/C16H19NO4S2/c18-7-11-1-12(8-19)4-15(3-11)22-17-23-16-5-13(9-20)2-14(6-16)10-21/h1-6,17-21H,7-10H2. The molecule has 2 aromatic carbocycles. The van der Waals surface area contributed by atoms with Gasteiger partial charge >= 0.3 is 0 Å². The predicted octanol–water partition coefficient (Wildman–Crippen LogP) is 1.96. The van der Waals surface area contributed by atoms with E-state index >= 15 is 0 Å². The van der Waals surface area contributed by atoms with Crippen LogP contribution in [0.25, 0.3) is 0 Å². The van der Waals surface area contributed by atoms with Crippen molar-refractivity contribution >= 4 is 23.9 Å². The first-order valence-electron chi connectivity index (χ1n) is 6.96. The van der Waals surface area contributed by atoms with Crippen LogP contribution < -0.4 is 4.13 Å². The molecule has 2 rings (SSSR count). The van der Waals surface area contributed by atoms with Crippen molar-refractivity contribution in [3.63, 3.8) is 0 Å². The molecule has 0 aromatic heterocycles. The average molecular weight is 353 g/mol. The van der Waals surface area contributed by atoms with E-state index in [1.165, 1.54) is 23.9 Å². The molecule has 0 aliphatic rings. The topological polar surface area (TPSA) is 93.0 Å². The second kappa shape index (κ2) is 9.29. The lowest BCUT2D eigenvalue weighted by molar-refractivity contribution is 0.274. The summed E-state index contributed by atoms with van der Waals surface area (Å²) >= 11 is 2.73. The van der Waals surface area contributed by atoms with Crippen LogP contribution >= 0.6 is 23.9 Å². The van der Waals surface area contributed by atoms with E-state index in [0.717, 1.165) is 32.0 Å². The first-order chi connectivity index (χ1) is 11.2. The Labute approximate surface area is 143 Å². The lowest BCUT2D eigenvalue weighted by atomic mass is 10.1. The second-order valence-corrected chi connectivity index (χ2v) is 6.91. The smallest absolute Gasteiger partial charge is 0.0682 e. The van der Waals surface area contributed by atoms with Crippen molar-refractivity contribution in [2.24, 2.45) is 0 Å². The van der Waals surface area contributed by atoms with E-state index in [0.29, 0.717) is 0 Å². The van der Waals surface area contributed by atoms with Crippen LogP contribution in [0.4, 0.5) is 0 Å². The van der Waals surface area contributed by atoms with Crippen molar-refractivity contribution in [1.29, 1.82) is 0 Å². The van der Waals surface area contributed by atoms with E-state index in [-0.39, 0.29) is 26.4 Å². The zero-order chi connectivity index (χ0) is 16.7. The third-order valence-electron chi connectivity index (χ3n) is 3.10. The number of nitrogens with one attached hydrogen (secondary N) is 1. The van der Waals surface area contributed by atoms with Crippen LogP contribution in [0.1, 0.15) is 22.3 Å². The molecule has 0 spiro atoms. The molecule has 5 N–H and O–H groups in total. The number of aliphatic hydroxyl groups excluding tert-OH is 4. The highest BCUT2D eigenvalue weighted by Gasteiger charge is 2.04. The Balaban J connectivity index is 2.02. The van der Waals surface area contributed by atoms with Gasteiger partial charge in [-0.3, -0.25) is 0 Å². The average Bonchev–Trinajstić information content (AvgIpc) is 2.60. The summed E-state index contributed by atoms with van der Waals surface area (Å²) in [5, 5.41) is 36.9. The van der Waals surface area contributed by atoms with E-state index in [4.69, 9.17) is 0 Å². The minimum absolute atomic E-state index is 0.0764. The molecule has 0 atom stereocenters. The van der Waals surface area contributed by atoms with E-state index in [9.17, 15) is 20.4 Å². The number of hydrogen-bond acceptors (Lipinski definition) is 7. The molecule has 124 valence electrons. The van der Waals surface area contributed by atoms with E-state index in [2.05, 4.69) is 4.13 Å². The quantitative estimate of drug-likeness (QED) is 0.463. The van der Waals surface area contributed by atoms with Crippen molar-refractivity contribution in [3.05, 3.63) is 58.7 Å². The summed E-state index contributed by atoms with van der Waals surface area (Å²) in [7, 11) is 0. The predicted molar refractivity (Wildman–Crippen MR) is 91.4 cm³/mol. The molecule has 23 heavy (non-hydrogen) atoms. The first kappa shape index (κ1) is 18.3. The van der Waals surface area contributed by atoms with Gasteiger partial charge in [0.2, 0.25) is 0 Å². The molecule has 0 amide bonds. The molecule has 0 heterocycles. The van der Waals surface area contributed by atoms with Crippen molar-refractivity contribution in [2.75, 3.05) is 0 Å². The Hall–Kier alpha value is -1.06. The van der Waals surface area contributed by atoms with Crippen molar-refractivity contribution in [1.82, 2.24) is 4.13 Å². The molecular weight excluding hydrogens is 334 g/mol. The number of hydrogen-bond donors (Lipinski definition) is 5. The monoisotopic (exact) mass is 353 g/mol. The Morgan fingerprint density at radius 1 is 0.565 bits per heavy atom. The normalized spacial score (nSPS) is 11.0. The molecule has 0 aliphatic carbocycles. The summed E-state index contributed by atoms with van der Waals surface area (Å²) in [6, 6.07) is 10.9. The van der Waals surface area contributed by atoms with Crippen LogP contribution in [0.2, 0.25) is 0 Å². The van der Waals surface area contributed by atoms with Gasteiger partial charge < -0.3 is 20.4 Å². The third-order valence-corrected chi connectivity index (χ3v) is 4.71. The highest BCUT2D eigenvalue weighted by molar-refractivity contribution is 8.12. The summed E-state index contributed by atoms with van der Waals surface area (Å²) in [6.07, 6.45) is 0. The minimum Gasteiger partial charge on any atom is -0.392 e. The highest BCUT2D eigenvalue weighted by Crippen LogP contribution is 2.26. The van der Waals surface area contributed by atoms with Crippen molar-refractivity contribution in [3.8, 4) is 0 Å². The zero-order valence-electron chi connectivity index (χ0n) is 12.4. The third kappa shape index (κ3) is 5.50. The zero-order valence-corrected chi connectivity index (χ0v) is 14.0. The second-order valence-electron chi connectivity index (χ2n) is 4.89. The molecule has 5 nitrogen and oxygen atoms in total. The Morgan fingerprint density at radius 2 is 0.870 bits per heavy atom. The maximum atomic E-state index is 9.24. The van der Waals surface area contributed by atoms with Crippen LogP contribution in [0.5, 0.6) is 0 Å². The molecule has 0 saturated heterocycles. The van der Waals surface area contributed by atoms with Crippen molar-refractivity contribution in [2.45, 2.75) is 36.2 Å².